The van der Waals surface area contributed by atoms with Crippen molar-refractivity contribution in [2.45, 2.75) is 0 Å². The maximum Gasteiger partial charge on any atom is 0.254 e. The van der Waals surface area contributed by atoms with Gasteiger partial charge >= 0.3 is 0 Å². The molecule has 0 radical (unpaired) electrons. The van der Waals surface area contributed by atoms with Crippen LogP contribution < -0.4 is 10.1 Å². The van der Waals surface area contributed by atoms with Gasteiger partial charge in [0.2, 0.25) is 0 Å². The number of benzene rings is 1. The van der Waals surface area contributed by atoms with Gasteiger partial charge in [-0.2, -0.15) is 0 Å². The molecule has 4 nitrogen and oxygen atoms in total. The lowest BCUT2D eigenvalue weighted by Gasteiger charge is -2.27. The Labute approximate surface area is 106 Å². The smallest absolute Gasteiger partial charge is 0.254 e. The summed E-state index contributed by atoms with van der Waals surface area (Å²) in [6, 6.07) is 5.11. The number of nitrogens with zero attached hydrogens (tertiary/aromatic N) is 1. The standard InChI is InChI=1S/C12H15ClN2O2/c1-17-11-8-9(2-3-10(11)13)12(16)15-6-4-14-5-7-15/h2-3,8,14H,4-7H2,1H3. The van der Waals surface area contributed by atoms with E-state index >= 15 is 0 Å². The van der Waals surface area contributed by atoms with E-state index in [1.165, 1.54) is 0 Å². The summed E-state index contributed by atoms with van der Waals surface area (Å²) < 4.78 is 5.11. The molecule has 1 heterocycles. The second-order valence-corrected chi connectivity index (χ2v) is 4.30. The number of hydrogen-bond donors (Lipinski definition) is 1. The molecule has 0 bridgehead atoms. The van der Waals surface area contributed by atoms with Crippen LogP contribution in [0.3, 0.4) is 0 Å². The Morgan fingerprint density at radius 1 is 1.41 bits per heavy atom. The number of halogens is 1. The van der Waals surface area contributed by atoms with Crippen molar-refractivity contribution < 1.29 is 9.53 Å². The van der Waals surface area contributed by atoms with Crippen LogP contribution in [-0.2, 0) is 0 Å². The predicted molar refractivity (Wildman–Crippen MR) is 66.8 cm³/mol. The fourth-order valence-electron chi connectivity index (χ4n) is 1.84. The molecule has 5 heteroatoms. The lowest BCUT2D eigenvalue weighted by molar-refractivity contribution is 0.0735. The lowest BCUT2D eigenvalue weighted by atomic mass is 10.1. The first-order chi connectivity index (χ1) is 8.22. The molecule has 92 valence electrons. The van der Waals surface area contributed by atoms with Gasteiger partial charge in [0.25, 0.3) is 5.91 Å². The number of nitrogens with one attached hydrogen (secondary N) is 1. The summed E-state index contributed by atoms with van der Waals surface area (Å²) in [5.74, 6) is 0.564. The van der Waals surface area contributed by atoms with Crippen molar-refractivity contribution in [3.8, 4) is 5.75 Å². The van der Waals surface area contributed by atoms with Gasteiger partial charge in [-0.15, -0.1) is 0 Å². The van der Waals surface area contributed by atoms with Crippen LogP contribution >= 0.6 is 11.6 Å². The van der Waals surface area contributed by atoms with Crippen LogP contribution in [0.1, 0.15) is 10.4 Å². The Kier molecular flexibility index (Phi) is 3.86. The van der Waals surface area contributed by atoms with Gasteiger partial charge in [0.05, 0.1) is 12.1 Å². The summed E-state index contributed by atoms with van der Waals surface area (Å²) in [5.41, 5.74) is 0.619. The van der Waals surface area contributed by atoms with Crippen LogP contribution in [0.2, 0.25) is 5.02 Å². The largest absolute Gasteiger partial charge is 0.495 e. The molecule has 17 heavy (non-hydrogen) atoms. The van der Waals surface area contributed by atoms with E-state index in [4.69, 9.17) is 16.3 Å². The number of piperazine rings is 1. The predicted octanol–water partition coefficient (Wildman–Crippen LogP) is 1.39. The van der Waals surface area contributed by atoms with Crippen molar-refractivity contribution in [3.63, 3.8) is 0 Å². The third kappa shape index (κ3) is 2.70. The van der Waals surface area contributed by atoms with Gasteiger partial charge in [-0.1, -0.05) is 11.6 Å². The first-order valence-electron chi connectivity index (χ1n) is 5.56. The minimum atomic E-state index is 0.0291. The molecule has 1 aliphatic heterocycles. The summed E-state index contributed by atoms with van der Waals surface area (Å²) in [6.07, 6.45) is 0. The number of methoxy groups -OCH3 is 1. The van der Waals surface area contributed by atoms with Crippen molar-refractivity contribution in [2.24, 2.45) is 0 Å². The molecule has 1 aromatic rings. The van der Waals surface area contributed by atoms with Crippen LogP contribution in [-0.4, -0.2) is 44.1 Å². The quantitative estimate of drug-likeness (QED) is 0.867. The molecular weight excluding hydrogens is 240 g/mol. The zero-order valence-corrected chi connectivity index (χ0v) is 10.5. The fourth-order valence-corrected chi connectivity index (χ4v) is 2.04. The average molecular weight is 255 g/mol. The van der Waals surface area contributed by atoms with Crippen LogP contribution in [0.5, 0.6) is 5.75 Å². The van der Waals surface area contributed by atoms with E-state index in [1.807, 2.05) is 4.90 Å². The lowest BCUT2D eigenvalue weighted by Crippen LogP contribution is -2.46. The third-order valence-electron chi connectivity index (χ3n) is 2.80. The molecule has 0 aliphatic carbocycles. The van der Waals surface area contributed by atoms with Crippen molar-refractivity contribution in [3.05, 3.63) is 28.8 Å². The molecule has 0 unspecified atom stereocenters. The fraction of sp³-hybridized carbons (Fsp3) is 0.417. The first kappa shape index (κ1) is 12.2. The zero-order valence-electron chi connectivity index (χ0n) is 9.70. The molecule has 0 atom stereocenters. The van der Waals surface area contributed by atoms with Crippen LogP contribution in [0.25, 0.3) is 0 Å². The molecule has 1 amide bonds. The van der Waals surface area contributed by atoms with Crippen molar-refractivity contribution in [1.82, 2.24) is 10.2 Å². The van der Waals surface area contributed by atoms with Crippen molar-refractivity contribution >= 4 is 17.5 Å². The zero-order chi connectivity index (χ0) is 12.3. The number of ether oxygens (including phenoxy) is 1. The van der Waals surface area contributed by atoms with Gasteiger partial charge in [-0.05, 0) is 18.2 Å². The van der Waals surface area contributed by atoms with Crippen LogP contribution in [0.4, 0.5) is 0 Å². The third-order valence-corrected chi connectivity index (χ3v) is 3.11. The van der Waals surface area contributed by atoms with Crippen molar-refractivity contribution in [1.29, 1.82) is 0 Å². The summed E-state index contributed by atoms with van der Waals surface area (Å²) in [4.78, 5) is 14.0. The minimum absolute atomic E-state index is 0.0291. The second-order valence-electron chi connectivity index (χ2n) is 3.89. The molecular formula is C12H15ClN2O2. The van der Waals surface area contributed by atoms with Gasteiger partial charge < -0.3 is 15.0 Å². The Morgan fingerprint density at radius 3 is 2.76 bits per heavy atom. The van der Waals surface area contributed by atoms with E-state index in [2.05, 4.69) is 5.32 Å². The number of carbonyl (C=O) groups is 1. The summed E-state index contributed by atoms with van der Waals surface area (Å²) in [5, 5.41) is 3.73. The Bertz CT molecular complexity index is 417. The summed E-state index contributed by atoms with van der Waals surface area (Å²) in [7, 11) is 1.54. The molecule has 0 spiro atoms. The van der Waals surface area contributed by atoms with Gasteiger partial charge in [0, 0.05) is 31.7 Å². The van der Waals surface area contributed by atoms with E-state index in [9.17, 15) is 4.79 Å². The van der Waals surface area contributed by atoms with Gasteiger partial charge in [-0.3, -0.25) is 4.79 Å². The molecule has 1 N–H and O–H groups in total. The first-order valence-corrected chi connectivity index (χ1v) is 5.93. The normalized spacial score (nSPS) is 15.8. The maximum absolute atomic E-state index is 12.2. The van der Waals surface area contributed by atoms with E-state index in [0.29, 0.717) is 16.3 Å². The van der Waals surface area contributed by atoms with E-state index in [1.54, 1.807) is 25.3 Å². The topological polar surface area (TPSA) is 41.6 Å². The maximum atomic E-state index is 12.2. The Morgan fingerprint density at radius 2 is 2.12 bits per heavy atom. The van der Waals surface area contributed by atoms with Gasteiger partial charge in [0.15, 0.2) is 0 Å². The number of amides is 1. The summed E-state index contributed by atoms with van der Waals surface area (Å²) in [6.45, 7) is 3.17. The molecule has 1 aromatic carbocycles. The monoisotopic (exact) mass is 254 g/mol. The molecule has 1 saturated heterocycles. The highest BCUT2D eigenvalue weighted by atomic mass is 35.5. The van der Waals surface area contributed by atoms with E-state index in [0.717, 1.165) is 26.2 Å². The van der Waals surface area contributed by atoms with Crippen LogP contribution in [0.15, 0.2) is 18.2 Å². The van der Waals surface area contributed by atoms with Gasteiger partial charge in [-0.25, -0.2) is 0 Å². The van der Waals surface area contributed by atoms with Crippen LogP contribution in [0, 0.1) is 0 Å². The summed E-state index contributed by atoms with van der Waals surface area (Å²) >= 11 is 5.93. The van der Waals surface area contributed by atoms with Gasteiger partial charge in [0.1, 0.15) is 5.75 Å². The highest BCUT2D eigenvalue weighted by molar-refractivity contribution is 6.32. The minimum Gasteiger partial charge on any atom is -0.495 e. The van der Waals surface area contributed by atoms with E-state index < -0.39 is 0 Å². The Balaban J connectivity index is 2.18. The molecule has 1 aliphatic rings. The Hall–Kier alpha value is -1.26. The molecule has 0 saturated carbocycles. The number of rotatable bonds is 2. The van der Waals surface area contributed by atoms with Crippen molar-refractivity contribution in [2.75, 3.05) is 33.3 Å². The molecule has 1 fully saturated rings. The molecule has 2 rings (SSSR count). The second kappa shape index (κ2) is 5.38. The SMILES string of the molecule is COc1cc(C(=O)N2CCNCC2)ccc1Cl. The van der Waals surface area contributed by atoms with E-state index in [-0.39, 0.29) is 5.91 Å². The number of hydrogen-bond acceptors (Lipinski definition) is 3. The highest BCUT2D eigenvalue weighted by Crippen LogP contribution is 2.25. The molecule has 0 aromatic heterocycles. The number of carbonyl (C=O) groups excluding carboxylic acids is 1. The average Bonchev–Trinajstić information content (AvgIpc) is 2.39. The highest BCUT2D eigenvalue weighted by Gasteiger charge is 2.18.